The van der Waals surface area contributed by atoms with E-state index in [1.807, 2.05) is 42.5 Å². The maximum atomic E-state index is 12.2. The molecule has 0 aliphatic carbocycles. The Labute approximate surface area is 137 Å². The van der Waals surface area contributed by atoms with Crippen molar-refractivity contribution in [2.45, 2.75) is 12.8 Å². The van der Waals surface area contributed by atoms with Crippen LogP contribution in [0.1, 0.15) is 18.4 Å². The summed E-state index contributed by atoms with van der Waals surface area (Å²) >= 11 is 1.59. The number of nitriles is 1. The van der Waals surface area contributed by atoms with Gasteiger partial charge in [-0.1, -0.05) is 18.2 Å². The normalized spacial score (nSPS) is 14.3. The Morgan fingerprint density at radius 3 is 2.70 bits per heavy atom. The first-order valence-corrected chi connectivity index (χ1v) is 8.40. The first kappa shape index (κ1) is 14.0. The third-order valence-electron chi connectivity index (χ3n) is 4.16. The van der Waals surface area contributed by atoms with Crippen molar-refractivity contribution in [1.29, 1.82) is 5.26 Å². The molecule has 1 aromatic carbocycles. The molecule has 0 radical (unpaired) electrons. The van der Waals surface area contributed by atoms with Gasteiger partial charge in [0.15, 0.2) is 11.3 Å². The molecule has 0 N–H and O–H groups in total. The Morgan fingerprint density at radius 2 is 1.96 bits per heavy atom. The highest BCUT2D eigenvalue weighted by atomic mass is 32.1. The Kier molecular flexibility index (Phi) is 3.40. The first-order valence-electron chi connectivity index (χ1n) is 7.58. The molecule has 114 valence electrons. The molecule has 0 saturated carbocycles. The monoisotopic (exact) mass is 322 g/mol. The van der Waals surface area contributed by atoms with E-state index in [1.54, 1.807) is 11.3 Å². The van der Waals surface area contributed by atoms with Crippen LogP contribution >= 0.6 is 11.3 Å². The summed E-state index contributed by atoms with van der Waals surface area (Å²) in [7, 11) is 0. The lowest BCUT2D eigenvalue weighted by Crippen LogP contribution is -2.22. The minimum absolute atomic E-state index is 0.108. The number of anilines is 1. The third-order valence-corrected chi connectivity index (χ3v) is 5.29. The molecule has 0 unspecified atom stereocenters. The summed E-state index contributed by atoms with van der Waals surface area (Å²) in [5.74, 6) is 0.539. The summed E-state index contributed by atoms with van der Waals surface area (Å²) in [5.41, 5.74) is 0.259. The zero-order chi connectivity index (χ0) is 15.8. The topological polar surface area (TPSA) is 57.2 Å². The molecular formula is C18H14N2O2S. The van der Waals surface area contributed by atoms with Gasteiger partial charge in [-0.25, -0.2) is 4.79 Å². The van der Waals surface area contributed by atoms with E-state index in [4.69, 9.17) is 4.42 Å². The molecule has 0 spiro atoms. The van der Waals surface area contributed by atoms with Gasteiger partial charge in [0.1, 0.15) is 6.07 Å². The second-order valence-electron chi connectivity index (χ2n) is 5.61. The molecule has 0 amide bonds. The van der Waals surface area contributed by atoms with E-state index in [0.717, 1.165) is 40.9 Å². The molecule has 0 bridgehead atoms. The van der Waals surface area contributed by atoms with Crippen LogP contribution in [0.5, 0.6) is 0 Å². The van der Waals surface area contributed by atoms with Crippen molar-refractivity contribution in [2.24, 2.45) is 0 Å². The van der Waals surface area contributed by atoms with Crippen LogP contribution in [0.2, 0.25) is 0 Å². The van der Waals surface area contributed by atoms with Crippen LogP contribution in [0.15, 0.2) is 45.6 Å². The Balaban J connectivity index is 1.88. The van der Waals surface area contributed by atoms with E-state index in [9.17, 15) is 10.1 Å². The Bertz CT molecular complexity index is 942. The number of hydrogen-bond donors (Lipinski definition) is 0. The largest absolute Gasteiger partial charge is 0.421 e. The number of benzene rings is 1. The average Bonchev–Trinajstić information content (AvgIpc) is 3.23. The molecule has 1 aliphatic heterocycles. The minimum atomic E-state index is -0.552. The van der Waals surface area contributed by atoms with Crippen molar-refractivity contribution in [3.63, 3.8) is 0 Å². The van der Waals surface area contributed by atoms with Gasteiger partial charge in [0.25, 0.3) is 0 Å². The summed E-state index contributed by atoms with van der Waals surface area (Å²) in [6.45, 7) is 1.76. The Morgan fingerprint density at radius 1 is 1.17 bits per heavy atom. The van der Waals surface area contributed by atoms with Gasteiger partial charge in [0.05, 0.1) is 10.6 Å². The number of rotatable bonds is 2. The predicted molar refractivity (Wildman–Crippen MR) is 92.0 cm³/mol. The van der Waals surface area contributed by atoms with E-state index >= 15 is 0 Å². The molecule has 4 nitrogen and oxygen atoms in total. The zero-order valence-electron chi connectivity index (χ0n) is 12.4. The lowest BCUT2D eigenvalue weighted by Gasteiger charge is -2.18. The smallest absolute Gasteiger partial charge is 0.356 e. The number of thiophene rings is 1. The number of hydrogen-bond acceptors (Lipinski definition) is 5. The standard InChI is InChI=1S/C18H14N2O2S/c19-11-13-14(20-7-3-4-8-20)10-15(22-18(13)21)17-9-12-5-1-2-6-16(12)23-17/h1-2,5-6,9-10H,3-4,7-8H2. The van der Waals surface area contributed by atoms with E-state index in [2.05, 4.69) is 4.90 Å². The maximum absolute atomic E-state index is 12.2. The molecule has 0 atom stereocenters. The van der Waals surface area contributed by atoms with Crippen molar-refractivity contribution < 1.29 is 4.42 Å². The molecule has 2 aromatic heterocycles. The minimum Gasteiger partial charge on any atom is -0.421 e. The van der Waals surface area contributed by atoms with Gasteiger partial charge in [-0.05, 0) is 30.4 Å². The van der Waals surface area contributed by atoms with Gasteiger partial charge in [0, 0.05) is 23.9 Å². The summed E-state index contributed by atoms with van der Waals surface area (Å²) in [4.78, 5) is 15.2. The molecule has 3 aromatic rings. The van der Waals surface area contributed by atoms with E-state index in [1.165, 1.54) is 0 Å². The highest BCUT2D eigenvalue weighted by molar-refractivity contribution is 7.22. The van der Waals surface area contributed by atoms with Gasteiger partial charge in [-0.15, -0.1) is 11.3 Å². The fraction of sp³-hybridized carbons (Fsp3) is 0.222. The van der Waals surface area contributed by atoms with Crippen LogP contribution in [0.25, 0.3) is 20.7 Å². The fourth-order valence-corrected chi connectivity index (χ4v) is 4.03. The second kappa shape index (κ2) is 5.56. The molecule has 4 rings (SSSR count). The predicted octanol–water partition coefficient (Wildman–Crippen LogP) is 3.99. The highest BCUT2D eigenvalue weighted by Crippen LogP contribution is 2.35. The van der Waals surface area contributed by atoms with Crippen molar-refractivity contribution in [2.75, 3.05) is 18.0 Å². The van der Waals surface area contributed by atoms with Crippen LogP contribution in [-0.4, -0.2) is 13.1 Å². The van der Waals surface area contributed by atoms with Crippen LogP contribution < -0.4 is 10.5 Å². The Hall–Kier alpha value is -2.58. The number of fused-ring (bicyclic) bond motifs is 1. The van der Waals surface area contributed by atoms with E-state index < -0.39 is 5.63 Å². The van der Waals surface area contributed by atoms with E-state index in [0.29, 0.717) is 11.4 Å². The molecule has 3 heterocycles. The zero-order valence-corrected chi connectivity index (χ0v) is 13.2. The van der Waals surface area contributed by atoms with Gasteiger partial charge in [0.2, 0.25) is 0 Å². The van der Waals surface area contributed by atoms with Crippen molar-refractivity contribution in [3.05, 3.63) is 52.4 Å². The molecule has 23 heavy (non-hydrogen) atoms. The quantitative estimate of drug-likeness (QED) is 0.716. The van der Waals surface area contributed by atoms with Gasteiger partial charge >= 0.3 is 5.63 Å². The lowest BCUT2D eigenvalue weighted by atomic mass is 10.2. The molecule has 5 heteroatoms. The SMILES string of the molecule is N#Cc1c(N2CCCC2)cc(-c2cc3ccccc3s2)oc1=O. The van der Waals surface area contributed by atoms with Crippen molar-refractivity contribution in [1.82, 2.24) is 0 Å². The molecule has 1 fully saturated rings. The summed E-state index contributed by atoms with van der Waals surface area (Å²) in [6.07, 6.45) is 2.17. The molecule has 1 aliphatic rings. The van der Waals surface area contributed by atoms with Gasteiger partial charge in [-0.2, -0.15) is 5.26 Å². The van der Waals surface area contributed by atoms with Gasteiger partial charge in [-0.3, -0.25) is 0 Å². The van der Waals surface area contributed by atoms with Gasteiger partial charge < -0.3 is 9.32 Å². The van der Waals surface area contributed by atoms with Crippen LogP contribution in [0.4, 0.5) is 5.69 Å². The molecular weight excluding hydrogens is 308 g/mol. The number of nitrogens with zero attached hydrogens (tertiary/aromatic N) is 2. The average molecular weight is 322 g/mol. The maximum Gasteiger partial charge on any atom is 0.356 e. The van der Waals surface area contributed by atoms with E-state index in [-0.39, 0.29) is 5.56 Å². The highest BCUT2D eigenvalue weighted by Gasteiger charge is 2.21. The summed E-state index contributed by atoms with van der Waals surface area (Å²) < 4.78 is 6.57. The lowest BCUT2D eigenvalue weighted by molar-refractivity contribution is 0.524. The van der Waals surface area contributed by atoms with Crippen molar-refractivity contribution in [3.8, 4) is 16.7 Å². The van der Waals surface area contributed by atoms with Crippen molar-refractivity contribution >= 4 is 27.1 Å². The van der Waals surface area contributed by atoms with Crippen LogP contribution in [-0.2, 0) is 0 Å². The summed E-state index contributed by atoms with van der Waals surface area (Å²) in [5, 5.41) is 10.4. The third kappa shape index (κ3) is 2.41. The van der Waals surface area contributed by atoms with Crippen LogP contribution in [0, 0.1) is 11.3 Å². The summed E-state index contributed by atoms with van der Waals surface area (Å²) in [6, 6.07) is 13.9. The first-order chi connectivity index (χ1) is 11.3. The molecule has 1 saturated heterocycles. The van der Waals surface area contributed by atoms with Crippen LogP contribution in [0.3, 0.4) is 0 Å². The second-order valence-corrected chi connectivity index (χ2v) is 6.70. The fourth-order valence-electron chi connectivity index (χ4n) is 3.02.